The maximum atomic E-state index is 14.0. The van der Waals surface area contributed by atoms with E-state index in [2.05, 4.69) is 4.98 Å². The second kappa shape index (κ2) is 14.0. The summed E-state index contributed by atoms with van der Waals surface area (Å²) in [5.41, 5.74) is -3.16. The predicted octanol–water partition coefficient (Wildman–Crippen LogP) is 5.89. The number of aromatic nitrogens is 1. The molecule has 3 aliphatic rings. The molecule has 1 aliphatic heterocycles. The molecule has 0 radical (unpaired) electrons. The van der Waals surface area contributed by atoms with Crippen LogP contribution >= 0.6 is 0 Å². The molecule has 2 saturated carbocycles. The van der Waals surface area contributed by atoms with Crippen molar-refractivity contribution in [2.75, 3.05) is 6.61 Å². The second-order valence-electron chi connectivity index (χ2n) is 14.0. The van der Waals surface area contributed by atoms with Crippen LogP contribution in [0.5, 0.6) is 5.75 Å². The van der Waals surface area contributed by atoms with Crippen molar-refractivity contribution >= 4 is 23.9 Å². The van der Waals surface area contributed by atoms with Crippen LogP contribution in [0.15, 0.2) is 39.8 Å². The summed E-state index contributed by atoms with van der Waals surface area (Å²) >= 11 is 0. The topological polar surface area (TPSA) is 158 Å². The Hall–Kier alpha value is -4.22. The van der Waals surface area contributed by atoms with Crippen molar-refractivity contribution in [2.45, 2.75) is 117 Å². The minimum atomic E-state index is -1.30. The van der Waals surface area contributed by atoms with E-state index in [0.717, 1.165) is 0 Å². The fraction of sp³-hybridized carbons (Fsp3) is 0.622. The third-order valence-corrected chi connectivity index (χ3v) is 11.0. The van der Waals surface area contributed by atoms with Gasteiger partial charge >= 0.3 is 29.5 Å². The molecule has 2 aliphatic carbocycles. The number of fused-ring (bicyclic) bond motifs is 4. The van der Waals surface area contributed by atoms with Gasteiger partial charge in [-0.15, -0.1) is 0 Å². The molecule has 2 aromatic heterocycles. The van der Waals surface area contributed by atoms with Gasteiger partial charge in [0.1, 0.15) is 42.0 Å². The molecule has 12 nitrogen and oxygen atoms in total. The van der Waals surface area contributed by atoms with Gasteiger partial charge in [-0.3, -0.25) is 24.2 Å². The van der Waals surface area contributed by atoms with E-state index in [1.807, 2.05) is 20.8 Å². The zero-order valence-corrected chi connectivity index (χ0v) is 29.4. The van der Waals surface area contributed by atoms with E-state index in [4.69, 9.17) is 28.1 Å². The van der Waals surface area contributed by atoms with Crippen LogP contribution in [-0.4, -0.2) is 53.3 Å². The van der Waals surface area contributed by atoms with Gasteiger partial charge in [0, 0.05) is 61.0 Å². The van der Waals surface area contributed by atoms with E-state index in [1.54, 1.807) is 58.3 Å². The first-order valence-corrected chi connectivity index (χ1v) is 17.3. The number of pyridine rings is 1. The van der Waals surface area contributed by atoms with Crippen LogP contribution in [0.2, 0.25) is 0 Å². The molecule has 2 unspecified atom stereocenters. The molecular formula is C37H47NO11. The summed E-state index contributed by atoms with van der Waals surface area (Å²) in [5.74, 6) is -2.58. The first kappa shape index (κ1) is 36.1. The molecule has 2 aromatic rings. The molecule has 0 amide bonds. The van der Waals surface area contributed by atoms with Gasteiger partial charge in [0.15, 0.2) is 5.60 Å². The molecule has 0 bridgehead atoms. The normalized spacial score (nSPS) is 31.5. The molecule has 266 valence electrons. The number of hydrogen-bond acceptors (Lipinski definition) is 12. The molecule has 0 saturated heterocycles. The third kappa shape index (κ3) is 6.46. The molecule has 8 atom stereocenters. The van der Waals surface area contributed by atoms with Gasteiger partial charge in [0.25, 0.3) is 0 Å². The zero-order chi connectivity index (χ0) is 35.7. The van der Waals surface area contributed by atoms with E-state index in [-0.39, 0.29) is 61.8 Å². The number of carbonyl (C=O) groups is 4. The average Bonchev–Trinajstić information content (AvgIpc) is 3.09. The van der Waals surface area contributed by atoms with Crippen LogP contribution in [0.25, 0.3) is 11.3 Å². The standard InChI is InChI=1S/C37H47NO11/c1-8-27(39)44-20-36(6)24-18-26(47-29(41)10-3)37(7)33(35(24,5)15-14-25(36)46-28(40)9-2)32(48-30(42)11-4)31-23(49-37)17-22(45-34(31)43)21-13-12-16-38-19-21/h12-13,16-17,19,24-26,32-33H,8-11,14-15,18,20H2,1-7H3/t24?,25-,26-,32-,33?,35-,36-,37+/m0/s1. The highest BCUT2D eigenvalue weighted by atomic mass is 16.6. The summed E-state index contributed by atoms with van der Waals surface area (Å²) in [5, 5.41) is 0. The number of carbonyl (C=O) groups excluding carboxylic acids is 4. The molecule has 3 heterocycles. The van der Waals surface area contributed by atoms with Crippen molar-refractivity contribution in [3.63, 3.8) is 0 Å². The van der Waals surface area contributed by atoms with E-state index < -0.39 is 70.1 Å². The van der Waals surface area contributed by atoms with Crippen LogP contribution in [0.3, 0.4) is 0 Å². The minimum Gasteiger partial charge on any atom is -0.482 e. The number of rotatable bonds is 10. The van der Waals surface area contributed by atoms with Crippen molar-refractivity contribution in [3.8, 4) is 17.1 Å². The molecule has 0 spiro atoms. The van der Waals surface area contributed by atoms with E-state index in [9.17, 15) is 24.0 Å². The lowest BCUT2D eigenvalue weighted by Gasteiger charge is -2.66. The lowest BCUT2D eigenvalue weighted by Crippen LogP contribution is -2.71. The van der Waals surface area contributed by atoms with Crippen LogP contribution < -0.4 is 10.4 Å². The summed E-state index contributed by atoms with van der Waals surface area (Å²) in [6.45, 7) is 12.5. The maximum Gasteiger partial charge on any atom is 0.347 e. The SMILES string of the molecule is CCC(=O)OC[C@@]1(C)C2C[C@H](OC(=O)CC)[C@@]3(C)Oc4cc(-c5cccnc5)oc(=O)c4[C@H](OC(=O)CC)C3[C@@]2(C)CC[C@@H]1OC(=O)CC. The smallest absolute Gasteiger partial charge is 0.347 e. The zero-order valence-electron chi connectivity index (χ0n) is 29.4. The summed E-state index contributed by atoms with van der Waals surface area (Å²) in [6.07, 6.45) is 2.09. The molecule has 5 rings (SSSR count). The fourth-order valence-corrected chi connectivity index (χ4v) is 8.52. The summed E-state index contributed by atoms with van der Waals surface area (Å²) in [7, 11) is 0. The number of ether oxygens (including phenoxy) is 5. The van der Waals surface area contributed by atoms with Gasteiger partial charge in [-0.05, 0) is 49.7 Å². The molecule has 49 heavy (non-hydrogen) atoms. The van der Waals surface area contributed by atoms with Crippen molar-refractivity contribution in [3.05, 3.63) is 46.6 Å². The lowest BCUT2D eigenvalue weighted by atomic mass is 9.42. The van der Waals surface area contributed by atoms with Crippen LogP contribution in [0, 0.1) is 22.7 Å². The molecule has 0 aromatic carbocycles. The molecule has 2 fully saturated rings. The largest absolute Gasteiger partial charge is 0.482 e. The molecule has 12 heteroatoms. The fourth-order valence-electron chi connectivity index (χ4n) is 8.52. The highest BCUT2D eigenvalue weighted by molar-refractivity contribution is 5.71. The quantitative estimate of drug-likeness (QED) is 0.217. The lowest BCUT2D eigenvalue weighted by molar-refractivity contribution is -0.273. The van der Waals surface area contributed by atoms with Gasteiger partial charge in [-0.2, -0.15) is 0 Å². The van der Waals surface area contributed by atoms with Gasteiger partial charge in [0.05, 0.1) is 0 Å². The summed E-state index contributed by atoms with van der Waals surface area (Å²) in [6, 6.07) is 5.04. The Morgan fingerprint density at radius 1 is 0.898 bits per heavy atom. The van der Waals surface area contributed by atoms with E-state index >= 15 is 0 Å². The summed E-state index contributed by atoms with van der Waals surface area (Å²) in [4.78, 5) is 69.6. The Labute approximate surface area is 286 Å². The van der Waals surface area contributed by atoms with Crippen molar-refractivity contribution in [1.29, 1.82) is 0 Å². The van der Waals surface area contributed by atoms with Gasteiger partial charge < -0.3 is 28.1 Å². The first-order chi connectivity index (χ1) is 23.2. The van der Waals surface area contributed by atoms with Crippen LogP contribution in [0.1, 0.15) is 105 Å². The van der Waals surface area contributed by atoms with Crippen LogP contribution in [-0.2, 0) is 38.1 Å². The van der Waals surface area contributed by atoms with Crippen molar-refractivity contribution in [1.82, 2.24) is 4.98 Å². The average molecular weight is 682 g/mol. The second-order valence-corrected chi connectivity index (χ2v) is 14.0. The Morgan fingerprint density at radius 2 is 1.53 bits per heavy atom. The van der Waals surface area contributed by atoms with Gasteiger partial charge in [-0.1, -0.05) is 41.5 Å². The highest BCUT2D eigenvalue weighted by Gasteiger charge is 2.71. The van der Waals surface area contributed by atoms with Gasteiger partial charge in [0.2, 0.25) is 0 Å². The number of hydrogen-bond donors (Lipinski definition) is 0. The van der Waals surface area contributed by atoms with E-state index in [0.29, 0.717) is 18.4 Å². The first-order valence-electron chi connectivity index (χ1n) is 17.3. The van der Waals surface area contributed by atoms with Crippen LogP contribution in [0.4, 0.5) is 0 Å². The Kier molecular flexibility index (Phi) is 10.3. The molecule has 0 N–H and O–H groups in total. The molecular weight excluding hydrogens is 634 g/mol. The Bertz CT molecular complexity index is 1640. The Balaban J connectivity index is 1.73. The number of esters is 4. The maximum absolute atomic E-state index is 14.0. The Morgan fingerprint density at radius 3 is 2.14 bits per heavy atom. The van der Waals surface area contributed by atoms with E-state index in [1.165, 1.54) is 0 Å². The third-order valence-electron chi connectivity index (χ3n) is 11.0. The monoisotopic (exact) mass is 681 g/mol. The van der Waals surface area contributed by atoms with Gasteiger partial charge in [-0.25, -0.2) is 4.79 Å². The van der Waals surface area contributed by atoms with Crippen molar-refractivity contribution < 1.29 is 47.3 Å². The minimum absolute atomic E-state index is 0.0450. The summed E-state index contributed by atoms with van der Waals surface area (Å²) < 4.78 is 36.9. The van der Waals surface area contributed by atoms with Crippen molar-refractivity contribution in [2.24, 2.45) is 22.7 Å². The predicted molar refractivity (Wildman–Crippen MR) is 175 cm³/mol. The highest BCUT2D eigenvalue weighted by Crippen LogP contribution is 2.68. The number of nitrogens with zero attached hydrogens (tertiary/aromatic N) is 1.